The fourth-order valence-corrected chi connectivity index (χ4v) is 3.43. The lowest BCUT2D eigenvalue weighted by atomic mass is 10.0. The minimum Gasteiger partial charge on any atom is -0.396 e. The number of nitrogens with zero attached hydrogens (tertiary/aromatic N) is 1. The van der Waals surface area contributed by atoms with E-state index < -0.39 is 0 Å². The molecule has 1 aromatic heterocycles. The summed E-state index contributed by atoms with van der Waals surface area (Å²) in [5.41, 5.74) is 3.22. The summed E-state index contributed by atoms with van der Waals surface area (Å²) < 4.78 is 5.87. The first-order valence-corrected chi connectivity index (χ1v) is 9.83. The predicted molar refractivity (Wildman–Crippen MR) is 111 cm³/mol. The van der Waals surface area contributed by atoms with Crippen LogP contribution in [0.3, 0.4) is 0 Å². The van der Waals surface area contributed by atoms with E-state index >= 15 is 0 Å². The maximum Gasteiger partial charge on any atom is 0.320 e. The standard InChI is InChI=1S/C21H27N5O3/c1-2-23-20-16(10-22)9-19-24-17(20)8-14(11-27)12-29-13-18(25-21(28)26-19)15-6-4-3-5-7-15/h3-7,9-10,14,18,22-23,27H,2,8,11-13H2,1H3,(H2,24,25,26,28)/p+1/t14?,18-/m1/s1. The lowest BCUT2D eigenvalue weighted by molar-refractivity contribution is -0.568. The molecule has 0 aliphatic carbocycles. The number of carbonyl (C=O) groups excluding carboxylic acids is 1. The molecule has 1 aliphatic heterocycles. The van der Waals surface area contributed by atoms with E-state index in [4.69, 9.17) is 10.1 Å². The van der Waals surface area contributed by atoms with Crippen molar-refractivity contribution in [3.63, 3.8) is 0 Å². The second-order valence-electron chi connectivity index (χ2n) is 7.07. The fourth-order valence-electron chi connectivity index (χ4n) is 3.43. The molecule has 0 fully saturated rings. The highest BCUT2D eigenvalue weighted by Crippen LogP contribution is 2.22. The van der Waals surface area contributed by atoms with Crippen LogP contribution in [0.15, 0.2) is 36.4 Å². The molecule has 2 aromatic rings. The second kappa shape index (κ2) is 10.1. The molecule has 6 N–H and O–H groups in total. The van der Waals surface area contributed by atoms with Gasteiger partial charge in [-0.1, -0.05) is 30.3 Å². The molecule has 8 nitrogen and oxygen atoms in total. The van der Waals surface area contributed by atoms with Gasteiger partial charge in [0, 0.05) is 25.2 Å². The quantitative estimate of drug-likeness (QED) is 0.488. The zero-order valence-electron chi connectivity index (χ0n) is 16.5. The van der Waals surface area contributed by atoms with E-state index in [1.54, 1.807) is 6.07 Å². The Morgan fingerprint density at radius 3 is 2.83 bits per heavy atom. The molecule has 2 bridgehead atoms. The number of amides is 2. The molecule has 3 rings (SSSR count). The number of fused-ring (bicyclic) bond motifs is 2. The summed E-state index contributed by atoms with van der Waals surface area (Å²) >= 11 is 0. The third-order valence-electron chi connectivity index (χ3n) is 4.86. The summed E-state index contributed by atoms with van der Waals surface area (Å²) in [5.74, 6) is 0.251. The van der Waals surface area contributed by atoms with Crippen molar-refractivity contribution in [3.8, 4) is 0 Å². The molecule has 2 amide bonds. The summed E-state index contributed by atoms with van der Waals surface area (Å²) in [5, 5.41) is 25.3. The first-order chi connectivity index (χ1) is 14.1. The van der Waals surface area contributed by atoms with Crippen LogP contribution in [0.2, 0.25) is 0 Å². The minimum atomic E-state index is -0.386. The Balaban J connectivity index is 1.95. The van der Waals surface area contributed by atoms with Crippen LogP contribution < -0.4 is 16.0 Å². The van der Waals surface area contributed by atoms with Crippen molar-refractivity contribution in [1.82, 2.24) is 10.3 Å². The molecule has 0 saturated heterocycles. The molecule has 0 saturated carbocycles. The number of nitrogens with one attached hydrogen (secondary N) is 3. The number of rotatable bonds is 5. The van der Waals surface area contributed by atoms with Crippen LogP contribution in [0.1, 0.15) is 29.8 Å². The largest absolute Gasteiger partial charge is 0.396 e. The Morgan fingerprint density at radius 1 is 1.34 bits per heavy atom. The first-order valence-electron chi connectivity index (χ1n) is 9.83. The predicted octanol–water partition coefficient (Wildman–Crippen LogP) is 1.34. The average molecular weight is 398 g/mol. The molecule has 2 heterocycles. The van der Waals surface area contributed by atoms with Crippen molar-refractivity contribution >= 4 is 23.8 Å². The first kappa shape index (κ1) is 20.9. The number of hydrogen-bond acceptors (Lipinski definition) is 5. The number of hydrogen-bond donors (Lipinski definition) is 5. The highest BCUT2D eigenvalue weighted by molar-refractivity contribution is 5.91. The van der Waals surface area contributed by atoms with Gasteiger partial charge in [0.25, 0.3) is 0 Å². The van der Waals surface area contributed by atoms with E-state index in [1.807, 2.05) is 42.6 Å². The number of aliphatic hydroxyl groups is 1. The summed E-state index contributed by atoms with van der Waals surface area (Å²) in [4.78, 5) is 17.2. The van der Waals surface area contributed by atoms with Gasteiger partial charge in [-0.05, 0) is 18.6 Å². The molecular weight excluding hydrogens is 370 g/mol. The lowest BCUT2D eigenvalue weighted by Gasteiger charge is -2.23. The van der Waals surface area contributed by atoms with Crippen molar-refractivity contribution in [2.24, 2.45) is 5.92 Å². The van der Waals surface area contributed by atoms with Gasteiger partial charge in [0.2, 0.25) is 0 Å². The average Bonchev–Trinajstić information content (AvgIpc) is 2.73. The molecule has 1 aromatic carbocycles. The van der Waals surface area contributed by atoms with Crippen LogP contribution in [0.4, 0.5) is 16.3 Å². The lowest BCUT2D eigenvalue weighted by Crippen LogP contribution is -2.78. The highest BCUT2D eigenvalue weighted by atomic mass is 16.5. The SMILES string of the molecule is CC[NH2+]c1c(C=N)cc2nc1CC(CO)COC[C@H](c1ccccc1)NC(=O)N2. The van der Waals surface area contributed by atoms with Crippen molar-refractivity contribution in [2.75, 3.05) is 31.7 Å². The van der Waals surface area contributed by atoms with Crippen LogP contribution in [0.5, 0.6) is 0 Å². The molecule has 0 radical (unpaired) electrons. The highest BCUT2D eigenvalue weighted by Gasteiger charge is 2.23. The number of benzene rings is 1. The number of carbonyl (C=O) groups is 1. The van der Waals surface area contributed by atoms with E-state index in [2.05, 4.69) is 15.6 Å². The van der Waals surface area contributed by atoms with E-state index in [0.717, 1.165) is 23.5 Å². The van der Waals surface area contributed by atoms with Gasteiger partial charge in [0.05, 0.1) is 31.4 Å². The van der Waals surface area contributed by atoms with Crippen molar-refractivity contribution < 1.29 is 20.0 Å². The molecule has 1 unspecified atom stereocenters. The van der Waals surface area contributed by atoms with E-state index in [-0.39, 0.29) is 24.6 Å². The van der Waals surface area contributed by atoms with Crippen LogP contribution >= 0.6 is 0 Å². The molecule has 154 valence electrons. The number of urea groups is 1. The van der Waals surface area contributed by atoms with Crippen LogP contribution in [-0.4, -0.2) is 48.7 Å². The monoisotopic (exact) mass is 398 g/mol. The summed E-state index contributed by atoms with van der Waals surface area (Å²) in [6.45, 7) is 3.43. The number of aromatic nitrogens is 1. The summed E-state index contributed by atoms with van der Waals surface area (Å²) in [6.07, 6.45) is 1.76. The van der Waals surface area contributed by atoms with Crippen molar-refractivity contribution in [3.05, 3.63) is 53.2 Å². The zero-order valence-corrected chi connectivity index (χ0v) is 16.5. The van der Waals surface area contributed by atoms with Gasteiger partial charge in [-0.2, -0.15) is 0 Å². The van der Waals surface area contributed by atoms with E-state index in [0.29, 0.717) is 31.0 Å². The van der Waals surface area contributed by atoms with Crippen molar-refractivity contribution in [2.45, 2.75) is 19.4 Å². The fraction of sp³-hybridized carbons (Fsp3) is 0.381. The Labute approximate surface area is 170 Å². The van der Waals surface area contributed by atoms with Gasteiger partial charge in [-0.3, -0.25) is 5.32 Å². The van der Waals surface area contributed by atoms with Gasteiger partial charge >= 0.3 is 6.03 Å². The van der Waals surface area contributed by atoms with E-state index in [9.17, 15) is 9.90 Å². The van der Waals surface area contributed by atoms with Gasteiger partial charge in [0.15, 0.2) is 5.69 Å². The zero-order chi connectivity index (χ0) is 20.6. The molecular formula is C21H28N5O3+. The maximum atomic E-state index is 12.6. The number of quaternary nitrogens is 1. The number of pyridine rings is 1. The number of ether oxygens (including phenoxy) is 1. The molecule has 2 atom stereocenters. The molecule has 8 heteroatoms. The van der Waals surface area contributed by atoms with Crippen LogP contribution in [0, 0.1) is 11.3 Å². The minimum absolute atomic E-state index is 0.0345. The molecule has 29 heavy (non-hydrogen) atoms. The second-order valence-corrected chi connectivity index (χ2v) is 7.07. The van der Waals surface area contributed by atoms with Crippen LogP contribution in [0.25, 0.3) is 0 Å². The summed E-state index contributed by atoms with van der Waals surface area (Å²) in [6, 6.07) is 10.6. The number of nitrogens with two attached hydrogens (primary N) is 1. The van der Waals surface area contributed by atoms with E-state index in [1.165, 1.54) is 6.21 Å². The number of anilines is 1. The number of aliphatic hydroxyl groups excluding tert-OH is 1. The van der Waals surface area contributed by atoms with Crippen molar-refractivity contribution in [1.29, 1.82) is 5.41 Å². The molecule has 0 spiro atoms. The third kappa shape index (κ3) is 5.38. The Bertz CT molecular complexity index is 844. The summed E-state index contributed by atoms with van der Waals surface area (Å²) in [7, 11) is 0. The smallest absolute Gasteiger partial charge is 0.320 e. The Kier molecular flexibility index (Phi) is 7.29. The Hall–Kier alpha value is -2.81. The van der Waals surface area contributed by atoms with Gasteiger partial charge in [-0.25, -0.2) is 9.78 Å². The molecule has 1 aliphatic rings. The van der Waals surface area contributed by atoms with Gasteiger partial charge < -0.3 is 25.9 Å². The van der Waals surface area contributed by atoms with Crippen LogP contribution in [-0.2, 0) is 11.2 Å². The Morgan fingerprint density at radius 2 is 2.14 bits per heavy atom. The maximum absolute atomic E-state index is 12.6. The normalized spacial score (nSPS) is 20.0. The van der Waals surface area contributed by atoms with Gasteiger partial charge in [-0.15, -0.1) is 0 Å². The third-order valence-corrected chi connectivity index (χ3v) is 4.86. The van der Waals surface area contributed by atoms with Gasteiger partial charge in [0.1, 0.15) is 11.5 Å². The topological polar surface area (TPSA) is 124 Å².